The lowest BCUT2D eigenvalue weighted by Gasteiger charge is -2.03. The van der Waals surface area contributed by atoms with Crippen molar-refractivity contribution in [3.05, 3.63) is 32.1 Å². The average molecular weight is 306 g/mol. The second kappa shape index (κ2) is 3.83. The van der Waals surface area contributed by atoms with E-state index in [-0.39, 0.29) is 14.2 Å². The molecule has 0 aliphatic heterocycles. The molecule has 0 radical (unpaired) electrons. The minimum absolute atomic E-state index is 0.135. The van der Waals surface area contributed by atoms with Crippen LogP contribution in [0.4, 0.5) is 13.2 Å². The van der Waals surface area contributed by atoms with Gasteiger partial charge in [0.2, 0.25) is 0 Å². The Hall–Kier alpha value is 0.0300. The van der Waals surface area contributed by atoms with Crippen molar-refractivity contribution in [2.75, 3.05) is 0 Å². The quantitative estimate of drug-likeness (QED) is 0.543. The largest absolute Gasteiger partial charge is 0.264 e. The highest BCUT2D eigenvalue weighted by Gasteiger charge is 2.14. The van der Waals surface area contributed by atoms with Gasteiger partial charge in [-0.2, -0.15) is 0 Å². The van der Waals surface area contributed by atoms with Crippen LogP contribution in [0.5, 0.6) is 0 Å². The van der Waals surface area contributed by atoms with Gasteiger partial charge in [0.05, 0.1) is 5.02 Å². The summed E-state index contributed by atoms with van der Waals surface area (Å²) < 4.78 is 37.2. The zero-order valence-corrected chi connectivity index (χ0v) is 8.54. The Labute approximate surface area is 85.9 Å². The minimum Gasteiger partial charge on any atom is -0.205 e. The molecular formula is C7H3ClF3I. The molecule has 1 rings (SSSR count). The van der Waals surface area contributed by atoms with Gasteiger partial charge in [-0.3, -0.25) is 0 Å². The lowest BCUT2D eigenvalue weighted by atomic mass is 10.2. The Morgan fingerprint density at radius 3 is 2.42 bits per heavy atom. The van der Waals surface area contributed by atoms with Crippen LogP contribution in [0, 0.1) is 9.39 Å². The molecule has 5 heteroatoms. The van der Waals surface area contributed by atoms with Gasteiger partial charge in [-0.1, -0.05) is 11.6 Å². The van der Waals surface area contributed by atoms with Crippen LogP contribution in [0.15, 0.2) is 12.1 Å². The highest BCUT2D eigenvalue weighted by molar-refractivity contribution is 14.1. The summed E-state index contributed by atoms with van der Waals surface area (Å²) in [6.45, 7) is 0. The lowest BCUT2D eigenvalue weighted by molar-refractivity contribution is 0.150. The molecule has 0 aliphatic carbocycles. The molecule has 0 atom stereocenters. The smallest absolute Gasteiger partial charge is 0.205 e. The van der Waals surface area contributed by atoms with Crippen molar-refractivity contribution in [3.63, 3.8) is 0 Å². The predicted molar refractivity (Wildman–Crippen MR) is 49.1 cm³/mol. The van der Waals surface area contributed by atoms with Crippen molar-refractivity contribution >= 4 is 34.2 Å². The number of hydrogen-bond acceptors (Lipinski definition) is 0. The van der Waals surface area contributed by atoms with Gasteiger partial charge in [-0.15, -0.1) is 0 Å². The van der Waals surface area contributed by atoms with Crippen LogP contribution >= 0.6 is 34.2 Å². The molecule has 1 aromatic rings. The summed E-state index contributed by atoms with van der Waals surface area (Å²) in [5.74, 6) is -0.813. The van der Waals surface area contributed by atoms with Crippen LogP contribution in [-0.2, 0) is 0 Å². The number of benzene rings is 1. The van der Waals surface area contributed by atoms with E-state index in [0.717, 1.165) is 6.07 Å². The Kier molecular flexibility index (Phi) is 3.22. The molecule has 0 nitrogen and oxygen atoms in total. The molecule has 0 amide bonds. The number of rotatable bonds is 1. The summed E-state index contributed by atoms with van der Waals surface area (Å²) in [4.78, 5) is 0. The second-order valence-corrected chi connectivity index (χ2v) is 3.66. The third-order valence-corrected chi connectivity index (χ3v) is 2.50. The van der Waals surface area contributed by atoms with Gasteiger partial charge in [-0.25, -0.2) is 13.2 Å². The van der Waals surface area contributed by atoms with E-state index >= 15 is 0 Å². The van der Waals surface area contributed by atoms with Gasteiger partial charge in [-0.05, 0) is 34.7 Å². The van der Waals surface area contributed by atoms with Gasteiger partial charge in [0.1, 0.15) is 5.82 Å². The number of hydrogen-bond donors (Lipinski definition) is 0. The monoisotopic (exact) mass is 306 g/mol. The molecule has 0 aromatic heterocycles. The molecule has 0 spiro atoms. The Bertz CT molecular complexity index is 301. The molecule has 0 unspecified atom stereocenters. The Morgan fingerprint density at radius 2 is 1.92 bits per heavy atom. The predicted octanol–water partition coefficient (Wildman–Crippen LogP) is 4.02. The second-order valence-electron chi connectivity index (χ2n) is 2.09. The molecule has 0 aliphatic rings. The fourth-order valence-electron chi connectivity index (χ4n) is 0.705. The standard InChI is InChI=1S/C7H3ClF3I/c8-4-2-6(12)3(7(10)11)1-5(4)9/h1-2,7H. The summed E-state index contributed by atoms with van der Waals surface area (Å²) in [6, 6.07) is 1.94. The summed E-state index contributed by atoms with van der Waals surface area (Å²) in [5, 5.41) is -0.135. The van der Waals surface area contributed by atoms with E-state index < -0.39 is 12.2 Å². The third-order valence-electron chi connectivity index (χ3n) is 1.27. The summed E-state index contributed by atoms with van der Waals surface area (Å²) in [5.41, 5.74) is -0.322. The normalized spacial score (nSPS) is 10.8. The fraction of sp³-hybridized carbons (Fsp3) is 0.143. The van der Waals surface area contributed by atoms with Crippen LogP contribution in [0.2, 0.25) is 5.02 Å². The topological polar surface area (TPSA) is 0 Å². The summed E-state index contributed by atoms with van der Waals surface area (Å²) in [7, 11) is 0. The van der Waals surface area contributed by atoms with Crippen LogP contribution in [0.3, 0.4) is 0 Å². The Morgan fingerprint density at radius 1 is 1.33 bits per heavy atom. The van der Waals surface area contributed by atoms with E-state index in [2.05, 4.69) is 0 Å². The maximum atomic E-state index is 12.7. The Balaban J connectivity index is 3.23. The van der Waals surface area contributed by atoms with Gasteiger partial charge >= 0.3 is 0 Å². The zero-order chi connectivity index (χ0) is 9.30. The van der Waals surface area contributed by atoms with E-state index in [4.69, 9.17) is 11.6 Å². The minimum atomic E-state index is -2.66. The van der Waals surface area contributed by atoms with Crippen LogP contribution in [0.1, 0.15) is 12.0 Å². The maximum absolute atomic E-state index is 12.7. The molecular weight excluding hydrogens is 303 g/mol. The molecule has 0 bridgehead atoms. The van der Waals surface area contributed by atoms with Crippen LogP contribution < -0.4 is 0 Å². The van der Waals surface area contributed by atoms with Crippen molar-refractivity contribution < 1.29 is 13.2 Å². The maximum Gasteiger partial charge on any atom is 0.264 e. The van der Waals surface area contributed by atoms with Crippen molar-refractivity contribution in [1.82, 2.24) is 0 Å². The highest BCUT2D eigenvalue weighted by atomic mass is 127. The molecule has 0 N–H and O–H groups in total. The van der Waals surface area contributed by atoms with Gasteiger partial charge in [0, 0.05) is 9.13 Å². The highest BCUT2D eigenvalue weighted by Crippen LogP contribution is 2.28. The van der Waals surface area contributed by atoms with Crippen LogP contribution in [-0.4, -0.2) is 0 Å². The third kappa shape index (κ3) is 2.04. The van der Waals surface area contributed by atoms with E-state index in [1.54, 1.807) is 22.6 Å². The first-order valence-electron chi connectivity index (χ1n) is 2.95. The van der Waals surface area contributed by atoms with E-state index in [0.29, 0.717) is 0 Å². The van der Waals surface area contributed by atoms with E-state index in [9.17, 15) is 13.2 Å². The summed E-state index contributed by atoms with van der Waals surface area (Å²) >= 11 is 7.05. The molecule has 0 heterocycles. The van der Waals surface area contributed by atoms with Gasteiger partial charge in [0.25, 0.3) is 6.43 Å². The van der Waals surface area contributed by atoms with Crippen molar-refractivity contribution in [2.45, 2.75) is 6.43 Å². The molecule has 66 valence electrons. The van der Waals surface area contributed by atoms with Crippen molar-refractivity contribution in [2.24, 2.45) is 0 Å². The number of halogens is 5. The van der Waals surface area contributed by atoms with Crippen molar-refractivity contribution in [3.8, 4) is 0 Å². The lowest BCUT2D eigenvalue weighted by Crippen LogP contribution is -1.91. The SMILES string of the molecule is Fc1cc(C(F)F)c(I)cc1Cl. The first kappa shape index (κ1) is 10.1. The summed E-state index contributed by atoms with van der Waals surface area (Å²) in [6.07, 6.45) is -2.66. The molecule has 12 heavy (non-hydrogen) atoms. The van der Waals surface area contributed by atoms with Gasteiger partial charge < -0.3 is 0 Å². The zero-order valence-electron chi connectivity index (χ0n) is 5.62. The van der Waals surface area contributed by atoms with Crippen LogP contribution in [0.25, 0.3) is 0 Å². The molecule has 0 saturated carbocycles. The average Bonchev–Trinajstić information content (AvgIpc) is 1.96. The van der Waals surface area contributed by atoms with E-state index in [1.807, 2.05) is 0 Å². The fourth-order valence-corrected chi connectivity index (χ4v) is 1.76. The van der Waals surface area contributed by atoms with Crippen molar-refractivity contribution in [1.29, 1.82) is 0 Å². The molecule has 0 fully saturated rings. The molecule has 0 saturated heterocycles. The van der Waals surface area contributed by atoms with Gasteiger partial charge in [0.15, 0.2) is 0 Å². The molecule has 1 aromatic carbocycles. The van der Waals surface area contributed by atoms with E-state index in [1.165, 1.54) is 6.07 Å². The first-order valence-corrected chi connectivity index (χ1v) is 4.40. The first-order chi connectivity index (χ1) is 5.52. The number of alkyl halides is 2.